The molecule has 2 aromatic rings. The average molecular weight is 400 g/mol. The molecule has 1 aromatic carbocycles. The molecule has 5 nitrogen and oxygen atoms in total. The molecule has 150 valence electrons. The molecule has 10 heteroatoms. The fourth-order valence-electron chi connectivity index (χ4n) is 3.17. The van der Waals surface area contributed by atoms with E-state index in [1.807, 2.05) is 0 Å². The number of hydrogen-bond acceptors (Lipinski definition) is 3. The third-order valence-corrected chi connectivity index (χ3v) is 4.44. The lowest BCUT2D eigenvalue weighted by atomic mass is 9.97. The molecular weight excluding hydrogens is 383 g/mol. The lowest BCUT2D eigenvalue weighted by molar-refractivity contribution is 0.249. The first-order chi connectivity index (χ1) is 13.3. The molecule has 0 aliphatic carbocycles. The molecular formula is C18H17F5N4O. The van der Waals surface area contributed by atoms with E-state index in [2.05, 4.69) is 15.6 Å². The second-order valence-corrected chi connectivity index (χ2v) is 6.47. The average Bonchev–Trinajstić information content (AvgIpc) is 2.65. The molecule has 2 N–H and O–H groups in total. The van der Waals surface area contributed by atoms with E-state index in [9.17, 15) is 26.7 Å². The van der Waals surface area contributed by atoms with Crippen LogP contribution in [0.15, 0.2) is 24.3 Å². The Kier molecular flexibility index (Phi) is 5.96. The number of nitrogens with one attached hydrogen (secondary N) is 2. The van der Waals surface area contributed by atoms with E-state index in [0.717, 1.165) is 6.07 Å². The summed E-state index contributed by atoms with van der Waals surface area (Å²) in [6.45, 7) is 0.469. The van der Waals surface area contributed by atoms with Crippen molar-refractivity contribution in [1.82, 2.24) is 10.3 Å². The quantitative estimate of drug-likeness (QED) is 0.606. The summed E-state index contributed by atoms with van der Waals surface area (Å²) >= 11 is 0. The highest BCUT2D eigenvalue weighted by atomic mass is 19.2. The van der Waals surface area contributed by atoms with Gasteiger partial charge in [0.2, 0.25) is 11.6 Å². The van der Waals surface area contributed by atoms with Crippen molar-refractivity contribution in [3.63, 3.8) is 0 Å². The van der Waals surface area contributed by atoms with Crippen molar-refractivity contribution in [2.24, 2.45) is 5.92 Å². The van der Waals surface area contributed by atoms with Gasteiger partial charge in [0.05, 0.1) is 0 Å². The summed E-state index contributed by atoms with van der Waals surface area (Å²) in [5.41, 5.74) is -0.520. The lowest BCUT2D eigenvalue weighted by Gasteiger charge is -2.34. The van der Waals surface area contributed by atoms with Crippen LogP contribution in [0.4, 0.5) is 38.1 Å². The molecule has 2 heterocycles. The first-order valence-electron chi connectivity index (χ1n) is 8.60. The molecule has 28 heavy (non-hydrogen) atoms. The molecule has 0 saturated carbocycles. The van der Waals surface area contributed by atoms with E-state index >= 15 is 0 Å². The van der Waals surface area contributed by atoms with Crippen LogP contribution in [0, 0.1) is 35.3 Å². The minimum absolute atomic E-state index is 0.0942. The van der Waals surface area contributed by atoms with E-state index < -0.39 is 41.1 Å². The number of halogens is 5. The zero-order valence-corrected chi connectivity index (χ0v) is 14.6. The predicted molar refractivity (Wildman–Crippen MR) is 92.4 cm³/mol. The zero-order chi connectivity index (χ0) is 20.3. The fourth-order valence-corrected chi connectivity index (χ4v) is 3.17. The van der Waals surface area contributed by atoms with Crippen molar-refractivity contribution in [3.8, 4) is 0 Å². The standard InChI is InChI=1S/C18H17F5N4O/c19-11-4-1-5-12(7-11)25-18(28)24-8-10-3-2-6-27(9-10)15-13(20)16(22)26-17(23)14(15)21/h1,4-5,7,10H,2-3,6,8-9H2,(H2,24,25,28). The molecule has 0 bridgehead atoms. The van der Waals surface area contributed by atoms with E-state index in [4.69, 9.17) is 0 Å². The number of piperidine rings is 1. The largest absolute Gasteiger partial charge is 0.366 e. The summed E-state index contributed by atoms with van der Waals surface area (Å²) < 4.78 is 67.7. The van der Waals surface area contributed by atoms with Gasteiger partial charge < -0.3 is 15.5 Å². The number of benzene rings is 1. The number of pyridine rings is 1. The summed E-state index contributed by atoms with van der Waals surface area (Å²) in [7, 11) is 0. The fraction of sp³-hybridized carbons (Fsp3) is 0.333. The number of rotatable bonds is 4. The maximum atomic E-state index is 13.9. The normalized spacial score (nSPS) is 16.8. The van der Waals surface area contributed by atoms with Gasteiger partial charge in [-0.2, -0.15) is 22.5 Å². The smallest absolute Gasteiger partial charge is 0.319 e. The van der Waals surface area contributed by atoms with Crippen molar-refractivity contribution in [1.29, 1.82) is 0 Å². The van der Waals surface area contributed by atoms with Gasteiger partial charge in [0.1, 0.15) is 11.5 Å². The monoisotopic (exact) mass is 400 g/mol. The summed E-state index contributed by atoms with van der Waals surface area (Å²) in [5.74, 6) is -7.20. The van der Waals surface area contributed by atoms with Crippen LogP contribution < -0.4 is 15.5 Å². The highest BCUT2D eigenvalue weighted by molar-refractivity contribution is 5.89. The summed E-state index contributed by atoms with van der Waals surface area (Å²) in [4.78, 5) is 15.7. The maximum absolute atomic E-state index is 13.9. The van der Waals surface area contributed by atoms with Crippen LogP contribution in [0.2, 0.25) is 0 Å². The van der Waals surface area contributed by atoms with Crippen molar-refractivity contribution in [2.75, 3.05) is 29.9 Å². The maximum Gasteiger partial charge on any atom is 0.319 e. The van der Waals surface area contributed by atoms with Gasteiger partial charge in [-0.25, -0.2) is 9.18 Å². The zero-order valence-electron chi connectivity index (χ0n) is 14.6. The van der Waals surface area contributed by atoms with Gasteiger partial charge in [-0.05, 0) is 37.0 Å². The van der Waals surface area contributed by atoms with Gasteiger partial charge in [0.15, 0.2) is 0 Å². The summed E-state index contributed by atoms with van der Waals surface area (Å²) in [6.07, 6.45) is 1.17. The SMILES string of the molecule is O=C(NCC1CCCN(c2c(F)c(F)nc(F)c2F)C1)Nc1cccc(F)c1. The second-order valence-electron chi connectivity index (χ2n) is 6.47. The molecule has 1 unspecified atom stereocenters. The van der Waals surface area contributed by atoms with Crippen LogP contribution in [0.1, 0.15) is 12.8 Å². The predicted octanol–water partition coefficient (Wildman–Crippen LogP) is 3.82. The van der Waals surface area contributed by atoms with Crippen LogP contribution in [0.5, 0.6) is 0 Å². The molecule has 1 saturated heterocycles. The minimum atomic E-state index is -1.70. The third-order valence-electron chi connectivity index (χ3n) is 4.44. The van der Waals surface area contributed by atoms with Gasteiger partial charge in [0, 0.05) is 25.3 Å². The van der Waals surface area contributed by atoms with Crippen LogP contribution in [0.3, 0.4) is 0 Å². The number of urea groups is 1. The second kappa shape index (κ2) is 8.41. The van der Waals surface area contributed by atoms with Crippen molar-refractivity contribution >= 4 is 17.4 Å². The Morgan fingerprint density at radius 2 is 1.86 bits per heavy atom. The Balaban J connectivity index is 1.61. The molecule has 2 amide bonds. The first kappa shape index (κ1) is 19.8. The van der Waals surface area contributed by atoms with Crippen LogP contribution in [-0.4, -0.2) is 30.6 Å². The number of anilines is 2. The van der Waals surface area contributed by atoms with Gasteiger partial charge in [-0.15, -0.1) is 0 Å². The van der Waals surface area contributed by atoms with Gasteiger partial charge in [-0.3, -0.25) is 0 Å². The van der Waals surface area contributed by atoms with Crippen molar-refractivity contribution in [2.45, 2.75) is 12.8 Å². The Morgan fingerprint density at radius 1 is 1.14 bits per heavy atom. The highest BCUT2D eigenvalue weighted by Crippen LogP contribution is 2.30. The van der Waals surface area contributed by atoms with E-state index in [1.54, 1.807) is 0 Å². The highest BCUT2D eigenvalue weighted by Gasteiger charge is 2.29. The first-order valence-corrected chi connectivity index (χ1v) is 8.60. The summed E-state index contributed by atoms with van der Waals surface area (Å²) in [5, 5.41) is 5.06. The number of carbonyl (C=O) groups excluding carboxylic acids is 1. The molecule has 0 radical (unpaired) electrons. The molecule has 1 fully saturated rings. The topological polar surface area (TPSA) is 57.3 Å². The molecule has 1 aromatic heterocycles. The number of amides is 2. The molecule has 1 aliphatic rings. The molecule has 3 rings (SSSR count). The Hall–Kier alpha value is -2.91. The molecule has 0 spiro atoms. The Labute approximate surface area is 157 Å². The number of nitrogens with zero attached hydrogens (tertiary/aromatic N) is 2. The minimum Gasteiger partial charge on any atom is -0.366 e. The van der Waals surface area contributed by atoms with Crippen LogP contribution in [0.25, 0.3) is 0 Å². The van der Waals surface area contributed by atoms with Gasteiger partial charge >= 0.3 is 6.03 Å². The summed E-state index contributed by atoms with van der Waals surface area (Å²) in [6, 6.07) is 4.78. The lowest BCUT2D eigenvalue weighted by Crippen LogP contribution is -2.42. The van der Waals surface area contributed by atoms with E-state index in [0.29, 0.717) is 12.8 Å². The molecule has 1 atom stereocenters. The van der Waals surface area contributed by atoms with Gasteiger partial charge in [0.25, 0.3) is 11.9 Å². The number of carbonyl (C=O) groups is 1. The Morgan fingerprint density at radius 3 is 2.54 bits per heavy atom. The van der Waals surface area contributed by atoms with Crippen LogP contribution >= 0.6 is 0 Å². The number of hydrogen-bond donors (Lipinski definition) is 2. The Bertz CT molecular complexity index is 853. The number of aromatic nitrogens is 1. The van der Waals surface area contributed by atoms with E-state index in [-0.39, 0.29) is 31.2 Å². The van der Waals surface area contributed by atoms with Crippen molar-refractivity contribution in [3.05, 3.63) is 53.6 Å². The van der Waals surface area contributed by atoms with E-state index in [1.165, 1.54) is 23.1 Å². The van der Waals surface area contributed by atoms with Gasteiger partial charge in [-0.1, -0.05) is 6.07 Å². The van der Waals surface area contributed by atoms with Crippen molar-refractivity contribution < 1.29 is 26.7 Å². The molecule has 1 aliphatic heterocycles. The van der Waals surface area contributed by atoms with Crippen LogP contribution in [-0.2, 0) is 0 Å². The third kappa shape index (κ3) is 4.49.